The van der Waals surface area contributed by atoms with Crippen molar-refractivity contribution in [3.05, 3.63) is 35.4 Å². The number of nitrogens with zero attached hydrogens (tertiary/aromatic N) is 1. The first-order chi connectivity index (χ1) is 9.44. The van der Waals surface area contributed by atoms with Crippen LogP contribution < -0.4 is 4.74 Å². The third-order valence-electron chi connectivity index (χ3n) is 2.74. The molecule has 0 aliphatic rings. The van der Waals surface area contributed by atoms with E-state index in [1.54, 1.807) is 31.2 Å². The molecule has 0 fully saturated rings. The van der Waals surface area contributed by atoms with Gasteiger partial charge in [-0.15, -0.1) is 0 Å². The van der Waals surface area contributed by atoms with Crippen molar-refractivity contribution in [3.63, 3.8) is 0 Å². The molecule has 0 radical (unpaired) electrons. The van der Waals surface area contributed by atoms with E-state index in [1.807, 2.05) is 6.07 Å². The molecule has 20 heavy (non-hydrogen) atoms. The molecule has 0 saturated heterocycles. The lowest BCUT2D eigenvalue weighted by Crippen LogP contribution is -2.36. The summed E-state index contributed by atoms with van der Waals surface area (Å²) in [5.74, 6) is -0.872. The van der Waals surface area contributed by atoms with E-state index in [1.165, 1.54) is 27.2 Å². The predicted octanol–water partition coefficient (Wildman–Crippen LogP) is 2.53. The second-order valence-electron chi connectivity index (χ2n) is 4.17. The number of benzene rings is 1. The summed E-state index contributed by atoms with van der Waals surface area (Å²) in [5.41, 5.74) is 0.845. The Morgan fingerprint density at radius 1 is 1.25 bits per heavy atom. The Labute approximate surface area is 118 Å². The molecule has 1 rings (SSSR count). The predicted molar refractivity (Wildman–Crippen MR) is 73.8 cm³/mol. The molecule has 0 saturated carbocycles. The zero-order chi connectivity index (χ0) is 15.2. The molecule has 5 heteroatoms. The summed E-state index contributed by atoms with van der Waals surface area (Å²) in [6, 6.07) is 8.75. The Morgan fingerprint density at radius 2 is 1.80 bits per heavy atom. The maximum Gasteiger partial charge on any atom is 0.323 e. The molecule has 0 aromatic heterocycles. The summed E-state index contributed by atoms with van der Waals surface area (Å²) in [4.78, 5) is 11.2. The van der Waals surface area contributed by atoms with Gasteiger partial charge in [0.2, 0.25) is 0 Å². The number of hydrogen-bond acceptors (Lipinski definition) is 5. The van der Waals surface area contributed by atoms with E-state index in [4.69, 9.17) is 19.5 Å². The zero-order valence-corrected chi connectivity index (χ0v) is 12.0. The molecule has 0 spiro atoms. The Hall–Kier alpha value is -2.16. The average Bonchev–Trinajstić information content (AvgIpc) is 2.46. The van der Waals surface area contributed by atoms with Gasteiger partial charge in [0.05, 0.1) is 5.57 Å². The second kappa shape index (κ2) is 6.85. The third kappa shape index (κ3) is 4.19. The quantitative estimate of drug-likeness (QED) is 0.453. The number of carbonyl (C=O) groups excluding carboxylic acids is 1. The van der Waals surface area contributed by atoms with Gasteiger partial charge in [-0.1, -0.05) is 12.1 Å². The van der Waals surface area contributed by atoms with E-state index in [2.05, 4.69) is 0 Å². The summed E-state index contributed by atoms with van der Waals surface area (Å²) in [5, 5.41) is 8.83. The first-order valence-corrected chi connectivity index (χ1v) is 5.96. The Morgan fingerprint density at radius 3 is 2.20 bits per heavy atom. The van der Waals surface area contributed by atoms with Crippen LogP contribution in [0.3, 0.4) is 0 Å². The van der Waals surface area contributed by atoms with Gasteiger partial charge in [0, 0.05) is 21.1 Å². The van der Waals surface area contributed by atoms with Gasteiger partial charge in [0.25, 0.3) is 0 Å². The number of hydrogen-bond donors (Lipinski definition) is 0. The van der Waals surface area contributed by atoms with Crippen LogP contribution >= 0.6 is 0 Å². The molecular weight excluding hydrogens is 258 g/mol. The summed E-state index contributed by atoms with van der Waals surface area (Å²) in [7, 11) is 2.96. The molecule has 0 aliphatic carbocycles. The number of ether oxygens (including phenoxy) is 3. The first-order valence-electron chi connectivity index (χ1n) is 5.96. The minimum Gasteiger partial charge on any atom is -0.439 e. The van der Waals surface area contributed by atoms with Gasteiger partial charge in [0.1, 0.15) is 11.8 Å². The number of Topliss-reactive ketones (excluding diaryl/α,β-unsaturated/α-hetero) is 1. The van der Waals surface area contributed by atoms with Crippen LogP contribution in [0.2, 0.25) is 0 Å². The van der Waals surface area contributed by atoms with Gasteiger partial charge >= 0.3 is 5.97 Å². The van der Waals surface area contributed by atoms with E-state index in [0.717, 1.165) is 5.56 Å². The third-order valence-corrected chi connectivity index (χ3v) is 2.74. The summed E-state index contributed by atoms with van der Waals surface area (Å²) >= 11 is 0. The maximum atomic E-state index is 11.2. The van der Waals surface area contributed by atoms with Gasteiger partial charge in [-0.3, -0.25) is 4.79 Å². The SMILES string of the molecule is COC(C)(OC)Oc1ccc(C=C(C#N)C(C)=O)cc1. The van der Waals surface area contributed by atoms with Gasteiger partial charge in [-0.2, -0.15) is 5.26 Å². The number of allylic oxidation sites excluding steroid dienone is 1. The number of methoxy groups -OCH3 is 2. The van der Waals surface area contributed by atoms with Crippen molar-refractivity contribution in [2.45, 2.75) is 19.8 Å². The molecule has 1 aromatic carbocycles. The van der Waals surface area contributed by atoms with Crippen molar-refractivity contribution in [2.75, 3.05) is 14.2 Å². The van der Waals surface area contributed by atoms with E-state index in [9.17, 15) is 4.79 Å². The maximum absolute atomic E-state index is 11.2. The molecule has 0 atom stereocenters. The Kier molecular flexibility index (Phi) is 5.44. The molecule has 0 bridgehead atoms. The van der Waals surface area contributed by atoms with Gasteiger partial charge in [0.15, 0.2) is 5.78 Å². The molecule has 0 aliphatic heterocycles. The van der Waals surface area contributed by atoms with Crippen LogP contribution in [-0.2, 0) is 14.3 Å². The Balaban J connectivity index is 2.90. The standard InChI is InChI=1S/C15H17NO4/c1-11(17)13(10-16)9-12-5-7-14(8-6-12)20-15(2,18-3)19-4/h5-9H,1-4H3. The monoisotopic (exact) mass is 275 g/mol. The number of nitriles is 1. The van der Waals surface area contributed by atoms with Crippen molar-refractivity contribution < 1.29 is 19.0 Å². The molecule has 0 amide bonds. The number of rotatable bonds is 6. The Bertz CT molecular complexity index is 536. The fourth-order valence-corrected chi connectivity index (χ4v) is 1.39. The smallest absolute Gasteiger partial charge is 0.323 e. The minimum absolute atomic E-state index is 0.109. The van der Waals surface area contributed by atoms with E-state index in [-0.39, 0.29) is 11.4 Å². The highest BCUT2D eigenvalue weighted by molar-refractivity contribution is 6.01. The highest BCUT2D eigenvalue weighted by atomic mass is 16.9. The molecule has 0 N–H and O–H groups in total. The molecular formula is C15H17NO4. The molecule has 5 nitrogen and oxygen atoms in total. The van der Waals surface area contributed by atoms with Gasteiger partial charge in [-0.05, 0) is 30.7 Å². The summed E-state index contributed by atoms with van der Waals surface area (Å²) < 4.78 is 15.7. The lowest BCUT2D eigenvalue weighted by atomic mass is 10.1. The molecule has 0 unspecified atom stereocenters. The molecule has 0 heterocycles. The average molecular weight is 275 g/mol. The van der Waals surface area contributed by atoms with Gasteiger partial charge in [-0.25, -0.2) is 0 Å². The van der Waals surface area contributed by atoms with Crippen LogP contribution in [0.4, 0.5) is 0 Å². The van der Waals surface area contributed by atoms with Crippen molar-refractivity contribution in [1.29, 1.82) is 5.26 Å². The highest BCUT2D eigenvalue weighted by Gasteiger charge is 2.24. The van der Waals surface area contributed by atoms with E-state index in [0.29, 0.717) is 5.75 Å². The fraction of sp³-hybridized carbons (Fsp3) is 0.333. The lowest BCUT2D eigenvalue weighted by Gasteiger charge is -2.26. The zero-order valence-electron chi connectivity index (χ0n) is 12.0. The summed E-state index contributed by atoms with van der Waals surface area (Å²) in [6.07, 6.45) is 1.53. The van der Waals surface area contributed by atoms with Crippen LogP contribution in [0.5, 0.6) is 5.75 Å². The fourth-order valence-electron chi connectivity index (χ4n) is 1.39. The number of carbonyl (C=O) groups is 1. The minimum atomic E-state index is -1.16. The van der Waals surface area contributed by atoms with E-state index < -0.39 is 5.97 Å². The molecule has 1 aromatic rings. The van der Waals surface area contributed by atoms with Crippen LogP contribution in [0.25, 0.3) is 6.08 Å². The highest BCUT2D eigenvalue weighted by Crippen LogP contribution is 2.21. The van der Waals surface area contributed by atoms with Crippen LogP contribution in [0.15, 0.2) is 29.8 Å². The first kappa shape index (κ1) is 15.9. The van der Waals surface area contributed by atoms with Gasteiger partial charge < -0.3 is 14.2 Å². The largest absolute Gasteiger partial charge is 0.439 e. The van der Waals surface area contributed by atoms with Crippen molar-refractivity contribution in [2.24, 2.45) is 0 Å². The van der Waals surface area contributed by atoms with Crippen molar-refractivity contribution >= 4 is 11.9 Å². The molecule has 106 valence electrons. The second-order valence-corrected chi connectivity index (χ2v) is 4.17. The number of ketones is 1. The normalized spacial score (nSPS) is 11.8. The van der Waals surface area contributed by atoms with Crippen LogP contribution in [0.1, 0.15) is 19.4 Å². The topological polar surface area (TPSA) is 68.6 Å². The van der Waals surface area contributed by atoms with E-state index >= 15 is 0 Å². The van der Waals surface area contributed by atoms with Crippen molar-refractivity contribution in [1.82, 2.24) is 0 Å². The van der Waals surface area contributed by atoms with Crippen LogP contribution in [-0.4, -0.2) is 26.0 Å². The van der Waals surface area contributed by atoms with Crippen LogP contribution in [0, 0.1) is 11.3 Å². The lowest BCUT2D eigenvalue weighted by molar-refractivity contribution is -0.309. The van der Waals surface area contributed by atoms with Crippen molar-refractivity contribution in [3.8, 4) is 11.8 Å². The summed E-state index contributed by atoms with van der Waals surface area (Å²) in [6.45, 7) is 3.00.